The number of nitrogens with one attached hydrogen (secondary N) is 1. The van der Waals surface area contributed by atoms with E-state index in [0.29, 0.717) is 6.54 Å². The Hall–Kier alpha value is -2.85. The fourth-order valence-corrected chi connectivity index (χ4v) is 5.95. The maximum Gasteiger partial charge on any atom is 0.231 e. The Labute approximate surface area is 195 Å². The molecule has 8 nitrogen and oxygen atoms in total. The highest BCUT2D eigenvalue weighted by Crippen LogP contribution is 2.49. The minimum atomic E-state index is 0.180. The van der Waals surface area contributed by atoms with Crippen molar-refractivity contribution in [2.45, 2.75) is 22.7 Å². The average Bonchev–Trinajstić information content (AvgIpc) is 3.46. The predicted molar refractivity (Wildman–Crippen MR) is 128 cm³/mol. The Morgan fingerprint density at radius 1 is 1.16 bits per heavy atom. The molecule has 0 spiro atoms. The lowest BCUT2D eigenvalue weighted by Gasteiger charge is -2.37. The van der Waals surface area contributed by atoms with Gasteiger partial charge >= 0.3 is 0 Å². The highest BCUT2D eigenvalue weighted by Gasteiger charge is 2.37. The molecule has 6 rings (SSSR count). The van der Waals surface area contributed by atoms with E-state index >= 15 is 0 Å². The first kappa shape index (κ1) is 19.8. The van der Waals surface area contributed by atoms with E-state index in [0.717, 1.165) is 59.9 Å². The first-order chi connectivity index (χ1) is 15.8. The maximum atomic E-state index is 5.66. The molecule has 5 heterocycles. The van der Waals surface area contributed by atoms with E-state index in [1.807, 2.05) is 30.5 Å². The van der Waals surface area contributed by atoms with E-state index in [-0.39, 0.29) is 18.1 Å². The molecule has 0 saturated carbocycles. The molecule has 32 heavy (non-hydrogen) atoms. The van der Waals surface area contributed by atoms with E-state index in [9.17, 15) is 0 Å². The molecule has 164 valence electrons. The molecular formula is C22H22N6O2S2. The number of anilines is 1. The van der Waals surface area contributed by atoms with Crippen LogP contribution in [0.25, 0.3) is 0 Å². The van der Waals surface area contributed by atoms with Crippen molar-refractivity contribution in [3.63, 3.8) is 0 Å². The van der Waals surface area contributed by atoms with E-state index in [1.54, 1.807) is 18.1 Å². The number of benzene rings is 1. The van der Waals surface area contributed by atoms with Gasteiger partial charge in [-0.1, -0.05) is 23.9 Å². The number of thiocarbonyl (C=S) groups is 1. The van der Waals surface area contributed by atoms with Crippen LogP contribution in [0.3, 0.4) is 0 Å². The Morgan fingerprint density at radius 2 is 2.03 bits per heavy atom. The van der Waals surface area contributed by atoms with Crippen LogP contribution < -0.4 is 19.7 Å². The largest absolute Gasteiger partial charge is 0.454 e. The van der Waals surface area contributed by atoms with Crippen LogP contribution in [-0.4, -0.2) is 64.5 Å². The van der Waals surface area contributed by atoms with Crippen molar-refractivity contribution in [1.29, 1.82) is 0 Å². The van der Waals surface area contributed by atoms with E-state index in [4.69, 9.17) is 21.7 Å². The van der Waals surface area contributed by atoms with Gasteiger partial charge in [0.15, 0.2) is 16.6 Å². The molecule has 1 fully saturated rings. The van der Waals surface area contributed by atoms with Gasteiger partial charge in [-0.2, -0.15) is 0 Å². The minimum absolute atomic E-state index is 0.180. The molecule has 0 aliphatic carbocycles. The van der Waals surface area contributed by atoms with Gasteiger partial charge in [0, 0.05) is 38.9 Å². The summed E-state index contributed by atoms with van der Waals surface area (Å²) >= 11 is 7.44. The Morgan fingerprint density at radius 3 is 2.94 bits per heavy atom. The number of hydrogen-bond acceptors (Lipinski definition) is 8. The van der Waals surface area contributed by atoms with Gasteiger partial charge in [0.25, 0.3) is 0 Å². The third-order valence-electron chi connectivity index (χ3n) is 6.06. The van der Waals surface area contributed by atoms with Crippen LogP contribution in [0, 0.1) is 0 Å². The molecule has 2 aromatic rings. The van der Waals surface area contributed by atoms with Gasteiger partial charge in [0.2, 0.25) is 6.79 Å². The molecule has 1 aromatic heterocycles. The van der Waals surface area contributed by atoms with Crippen molar-refractivity contribution in [1.82, 2.24) is 20.2 Å². The van der Waals surface area contributed by atoms with Gasteiger partial charge in [-0.25, -0.2) is 9.97 Å². The summed E-state index contributed by atoms with van der Waals surface area (Å²) in [7, 11) is 0. The molecule has 0 bridgehead atoms. The zero-order valence-corrected chi connectivity index (χ0v) is 18.9. The quantitative estimate of drug-likeness (QED) is 0.687. The number of rotatable bonds is 3. The van der Waals surface area contributed by atoms with Gasteiger partial charge in [-0.05, 0) is 36.0 Å². The summed E-state index contributed by atoms with van der Waals surface area (Å²) in [5, 5.41) is 4.33. The zero-order chi connectivity index (χ0) is 21.5. The summed E-state index contributed by atoms with van der Waals surface area (Å²) in [5.41, 5.74) is 2.21. The monoisotopic (exact) mass is 466 g/mol. The number of fused-ring (bicyclic) bond motifs is 4. The molecule has 1 aromatic carbocycles. The second-order valence-corrected chi connectivity index (χ2v) is 9.46. The van der Waals surface area contributed by atoms with Gasteiger partial charge in [-0.3, -0.25) is 4.99 Å². The average molecular weight is 467 g/mol. The summed E-state index contributed by atoms with van der Waals surface area (Å²) in [4.78, 5) is 19.6. The number of ether oxygens (including phenoxy) is 2. The van der Waals surface area contributed by atoms with Gasteiger partial charge in [-0.15, -0.1) is 0 Å². The fraction of sp³-hybridized carbons (Fsp3) is 0.364. The normalized spacial score (nSPS) is 22.6. The van der Waals surface area contributed by atoms with Crippen LogP contribution >= 0.6 is 24.0 Å². The molecule has 0 radical (unpaired) electrons. The smallest absolute Gasteiger partial charge is 0.231 e. The highest BCUT2D eigenvalue weighted by atomic mass is 32.2. The van der Waals surface area contributed by atoms with Crippen LogP contribution in [0.2, 0.25) is 0 Å². The molecule has 4 aliphatic rings. The zero-order valence-electron chi connectivity index (χ0n) is 17.3. The lowest BCUT2D eigenvalue weighted by Crippen LogP contribution is -2.51. The van der Waals surface area contributed by atoms with Gasteiger partial charge < -0.3 is 24.6 Å². The molecule has 1 N–H and O–H groups in total. The number of nitrogens with zero attached hydrogens (tertiary/aromatic N) is 5. The van der Waals surface area contributed by atoms with Crippen molar-refractivity contribution in [3.05, 3.63) is 47.9 Å². The van der Waals surface area contributed by atoms with Crippen LogP contribution in [0.5, 0.6) is 11.5 Å². The molecule has 2 unspecified atom stereocenters. The minimum Gasteiger partial charge on any atom is -0.454 e. The van der Waals surface area contributed by atoms with Crippen molar-refractivity contribution in [3.8, 4) is 11.5 Å². The second kappa shape index (κ2) is 8.25. The number of aliphatic imine (C=N–C) groups is 1. The van der Waals surface area contributed by atoms with Crippen LogP contribution in [-0.2, 0) is 6.54 Å². The number of aromatic nitrogens is 2. The Bertz CT molecular complexity index is 1120. The number of piperazine rings is 1. The number of thioether (sulfide) groups is 1. The predicted octanol–water partition coefficient (Wildman–Crippen LogP) is 2.56. The fourth-order valence-electron chi connectivity index (χ4n) is 4.36. The Kier molecular flexibility index (Phi) is 5.11. The standard InChI is InChI=1S/C22H22N6O2S2/c31-22(24-11-14-3-4-16-17(10-14)30-13-29-16)28-8-6-27(7-9-28)20-19-18(25-12-26-20)15-2-1-5-23-21(15)32-19/h1-5,10,12,15,21H,6-9,11,13H2,(H,24,31). The van der Waals surface area contributed by atoms with Crippen LogP contribution in [0.4, 0.5) is 5.82 Å². The van der Waals surface area contributed by atoms with Gasteiger partial charge in [0.05, 0.1) is 16.5 Å². The molecule has 0 amide bonds. The number of hydrogen-bond donors (Lipinski definition) is 1. The third-order valence-corrected chi connectivity index (χ3v) is 7.75. The van der Waals surface area contributed by atoms with Crippen LogP contribution in [0.15, 0.2) is 46.6 Å². The second-order valence-electron chi connectivity index (χ2n) is 7.95. The highest BCUT2D eigenvalue weighted by molar-refractivity contribution is 8.00. The lowest BCUT2D eigenvalue weighted by atomic mass is 10.0. The topological polar surface area (TPSA) is 75.1 Å². The summed E-state index contributed by atoms with van der Waals surface area (Å²) in [5.74, 6) is 2.86. The van der Waals surface area contributed by atoms with Crippen molar-refractivity contribution >= 4 is 41.1 Å². The molecule has 10 heteroatoms. The summed E-state index contributed by atoms with van der Waals surface area (Å²) in [6.07, 6.45) is 7.76. The van der Waals surface area contributed by atoms with Crippen molar-refractivity contribution < 1.29 is 9.47 Å². The molecular weight excluding hydrogens is 444 g/mol. The number of allylic oxidation sites excluding steroid dienone is 1. The summed E-state index contributed by atoms with van der Waals surface area (Å²) in [6.45, 7) is 4.37. The lowest BCUT2D eigenvalue weighted by molar-refractivity contribution is 0.174. The van der Waals surface area contributed by atoms with E-state index in [2.05, 4.69) is 36.2 Å². The van der Waals surface area contributed by atoms with Crippen molar-refractivity contribution in [2.24, 2.45) is 4.99 Å². The van der Waals surface area contributed by atoms with Gasteiger partial charge in [0.1, 0.15) is 17.5 Å². The third kappa shape index (κ3) is 3.57. The summed E-state index contributed by atoms with van der Waals surface area (Å²) in [6, 6.07) is 5.97. The van der Waals surface area contributed by atoms with Crippen LogP contribution in [0.1, 0.15) is 17.2 Å². The molecule has 2 atom stereocenters. The summed E-state index contributed by atoms with van der Waals surface area (Å²) < 4.78 is 10.8. The van der Waals surface area contributed by atoms with Crippen molar-refractivity contribution in [2.75, 3.05) is 37.9 Å². The first-order valence-electron chi connectivity index (χ1n) is 10.6. The molecule has 4 aliphatic heterocycles. The van der Waals surface area contributed by atoms with E-state index < -0.39 is 0 Å². The number of dihydropyridines is 1. The SMILES string of the molecule is S=C(NCc1ccc2c(c1)OCO2)N1CCN(c2ncnc3c2SC2N=CC=CC32)CC1. The van der Waals surface area contributed by atoms with E-state index in [1.165, 1.54) is 4.90 Å². The maximum absolute atomic E-state index is 5.66. The Balaban J connectivity index is 1.07. The first-order valence-corrected chi connectivity index (χ1v) is 11.9. The molecule has 1 saturated heterocycles.